The van der Waals surface area contributed by atoms with Crippen molar-refractivity contribution in [2.75, 3.05) is 7.11 Å². The van der Waals surface area contributed by atoms with Crippen molar-refractivity contribution >= 4 is 21.6 Å². The Labute approximate surface area is 129 Å². The van der Waals surface area contributed by atoms with Gasteiger partial charge in [0, 0.05) is 6.54 Å². The van der Waals surface area contributed by atoms with Crippen molar-refractivity contribution in [1.82, 2.24) is 4.72 Å². The zero-order valence-electron chi connectivity index (χ0n) is 11.8. The first kappa shape index (κ1) is 15.8. The Morgan fingerprint density at radius 3 is 2.38 bits per heavy atom. The SMILES string of the molecule is COc1ccc(S(=O)(=O)NCc2ccc(C)cc2)cc1Cl. The molecule has 0 aliphatic carbocycles. The minimum Gasteiger partial charge on any atom is -0.495 e. The number of sulfonamides is 1. The summed E-state index contributed by atoms with van der Waals surface area (Å²) in [5, 5.41) is 0.260. The van der Waals surface area contributed by atoms with E-state index in [0.29, 0.717) is 5.75 Å². The number of halogens is 1. The molecule has 1 N–H and O–H groups in total. The van der Waals surface area contributed by atoms with E-state index < -0.39 is 10.0 Å². The summed E-state index contributed by atoms with van der Waals surface area (Å²) < 4.78 is 32.0. The van der Waals surface area contributed by atoms with Crippen LogP contribution in [-0.4, -0.2) is 15.5 Å². The highest BCUT2D eigenvalue weighted by Crippen LogP contribution is 2.26. The average Bonchev–Trinajstić information content (AvgIpc) is 2.46. The Bertz CT molecular complexity index is 727. The predicted molar refractivity (Wildman–Crippen MR) is 83.2 cm³/mol. The number of hydrogen-bond donors (Lipinski definition) is 1. The largest absolute Gasteiger partial charge is 0.495 e. The molecule has 2 aromatic rings. The summed E-state index contributed by atoms with van der Waals surface area (Å²) >= 11 is 5.95. The van der Waals surface area contributed by atoms with Gasteiger partial charge in [0.1, 0.15) is 5.75 Å². The van der Waals surface area contributed by atoms with E-state index in [-0.39, 0.29) is 16.5 Å². The topological polar surface area (TPSA) is 55.4 Å². The molecule has 2 rings (SSSR count). The molecule has 0 aliphatic rings. The Morgan fingerprint density at radius 2 is 1.81 bits per heavy atom. The Kier molecular flexibility index (Phi) is 4.88. The van der Waals surface area contributed by atoms with E-state index in [1.165, 1.54) is 25.3 Å². The zero-order chi connectivity index (χ0) is 15.5. The second kappa shape index (κ2) is 6.47. The fourth-order valence-electron chi connectivity index (χ4n) is 1.78. The van der Waals surface area contributed by atoms with Gasteiger partial charge in [-0.25, -0.2) is 13.1 Å². The summed E-state index contributed by atoms with van der Waals surface area (Å²) in [5.74, 6) is 0.439. The first-order valence-electron chi connectivity index (χ1n) is 6.31. The predicted octanol–water partition coefficient (Wildman–Crippen LogP) is 3.14. The van der Waals surface area contributed by atoms with Gasteiger partial charge in [-0.15, -0.1) is 0 Å². The molecule has 21 heavy (non-hydrogen) atoms. The number of hydrogen-bond acceptors (Lipinski definition) is 3. The number of nitrogens with one attached hydrogen (secondary N) is 1. The smallest absolute Gasteiger partial charge is 0.240 e. The lowest BCUT2D eigenvalue weighted by molar-refractivity contribution is 0.414. The molecule has 0 bridgehead atoms. The molecule has 112 valence electrons. The van der Waals surface area contributed by atoms with Crippen LogP contribution in [0.25, 0.3) is 0 Å². The van der Waals surface area contributed by atoms with Crippen LogP contribution in [0, 0.1) is 6.92 Å². The van der Waals surface area contributed by atoms with E-state index in [1.54, 1.807) is 0 Å². The van der Waals surface area contributed by atoms with Crippen LogP contribution in [-0.2, 0) is 16.6 Å². The molecule has 0 aromatic heterocycles. The standard InChI is InChI=1S/C15H16ClNO3S/c1-11-3-5-12(6-4-11)10-17-21(18,19)13-7-8-15(20-2)14(16)9-13/h3-9,17H,10H2,1-2H3. The molecule has 0 unspecified atom stereocenters. The van der Waals surface area contributed by atoms with Crippen LogP contribution in [0.5, 0.6) is 5.75 Å². The summed E-state index contributed by atoms with van der Waals surface area (Å²) in [5.41, 5.74) is 2.02. The van der Waals surface area contributed by atoms with Gasteiger partial charge in [-0.2, -0.15) is 0 Å². The first-order chi connectivity index (χ1) is 9.92. The molecule has 0 spiro atoms. The van der Waals surface area contributed by atoms with Crippen LogP contribution in [0.3, 0.4) is 0 Å². The second-order valence-electron chi connectivity index (χ2n) is 4.61. The summed E-state index contributed by atoms with van der Waals surface area (Å²) in [6, 6.07) is 12.0. The molecule has 0 radical (unpaired) electrons. The molecular formula is C15H16ClNO3S. The van der Waals surface area contributed by atoms with Crippen LogP contribution in [0.1, 0.15) is 11.1 Å². The van der Waals surface area contributed by atoms with E-state index in [9.17, 15) is 8.42 Å². The van der Waals surface area contributed by atoms with E-state index in [2.05, 4.69) is 4.72 Å². The summed E-state index contributed by atoms with van der Waals surface area (Å²) in [7, 11) is -2.13. The third-order valence-corrected chi connectivity index (χ3v) is 4.71. The maximum atomic E-state index is 12.2. The maximum absolute atomic E-state index is 12.2. The number of benzene rings is 2. The Hall–Kier alpha value is -1.56. The van der Waals surface area contributed by atoms with Gasteiger partial charge in [-0.1, -0.05) is 41.4 Å². The van der Waals surface area contributed by atoms with Crippen LogP contribution in [0.15, 0.2) is 47.4 Å². The van der Waals surface area contributed by atoms with Crippen molar-refractivity contribution in [3.63, 3.8) is 0 Å². The van der Waals surface area contributed by atoms with Crippen molar-refractivity contribution in [3.05, 3.63) is 58.6 Å². The molecule has 2 aromatic carbocycles. The lowest BCUT2D eigenvalue weighted by Crippen LogP contribution is -2.23. The molecule has 0 atom stereocenters. The molecular weight excluding hydrogens is 310 g/mol. The van der Waals surface area contributed by atoms with Gasteiger partial charge in [0.05, 0.1) is 17.0 Å². The Morgan fingerprint density at radius 1 is 1.14 bits per heavy atom. The summed E-state index contributed by atoms with van der Waals surface area (Å²) in [4.78, 5) is 0.111. The summed E-state index contributed by atoms with van der Waals surface area (Å²) in [6.45, 7) is 2.21. The van der Waals surface area contributed by atoms with E-state index in [0.717, 1.165) is 11.1 Å². The highest BCUT2D eigenvalue weighted by molar-refractivity contribution is 7.89. The maximum Gasteiger partial charge on any atom is 0.240 e. The normalized spacial score (nSPS) is 11.4. The fraction of sp³-hybridized carbons (Fsp3) is 0.200. The average molecular weight is 326 g/mol. The number of ether oxygens (including phenoxy) is 1. The van der Waals surface area contributed by atoms with Crippen LogP contribution in [0.2, 0.25) is 5.02 Å². The van der Waals surface area contributed by atoms with Gasteiger partial charge < -0.3 is 4.74 Å². The number of rotatable bonds is 5. The van der Waals surface area contributed by atoms with Crippen molar-refractivity contribution in [2.45, 2.75) is 18.4 Å². The second-order valence-corrected chi connectivity index (χ2v) is 6.78. The van der Waals surface area contributed by atoms with Gasteiger partial charge in [0.2, 0.25) is 10.0 Å². The van der Waals surface area contributed by atoms with E-state index >= 15 is 0 Å². The molecule has 4 nitrogen and oxygen atoms in total. The summed E-state index contributed by atoms with van der Waals surface area (Å²) in [6.07, 6.45) is 0. The van der Waals surface area contributed by atoms with E-state index in [1.807, 2.05) is 31.2 Å². The first-order valence-corrected chi connectivity index (χ1v) is 8.17. The molecule has 0 saturated carbocycles. The molecule has 0 aliphatic heterocycles. The lowest BCUT2D eigenvalue weighted by Gasteiger charge is -2.09. The van der Waals surface area contributed by atoms with Crippen molar-refractivity contribution in [3.8, 4) is 5.75 Å². The molecule has 0 amide bonds. The van der Waals surface area contributed by atoms with Crippen molar-refractivity contribution in [1.29, 1.82) is 0 Å². The third-order valence-electron chi connectivity index (χ3n) is 3.02. The van der Waals surface area contributed by atoms with Gasteiger partial charge in [-0.05, 0) is 30.7 Å². The van der Waals surface area contributed by atoms with Crippen molar-refractivity contribution in [2.24, 2.45) is 0 Å². The third kappa shape index (κ3) is 3.97. The highest BCUT2D eigenvalue weighted by atomic mass is 35.5. The fourth-order valence-corrected chi connectivity index (χ4v) is 3.15. The van der Waals surface area contributed by atoms with Crippen LogP contribution < -0.4 is 9.46 Å². The number of methoxy groups -OCH3 is 1. The molecule has 6 heteroatoms. The van der Waals surface area contributed by atoms with Crippen LogP contribution in [0.4, 0.5) is 0 Å². The zero-order valence-corrected chi connectivity index (χ0v) is 13.3. The lowest BCUT2D eigenvalue weighted by atomic mass is 10.2. The monoisotopic (exact) mass is 325 g/mol. The molecule has 0 heterocycles. The minimum atomic E-state index is -3.61. The Balaban J connectivity index is 2.14. The van der Waals surface area contributed by atoms with Gasteiger partial charge in [0.15, 0.2) is 0 Å². The van der Waals surface area contributed by atoms with E-state index in [4.69, 9.17) is 16.3 Å². The quantitative estimate of drug-likeness (QED) is 0.918. The molecule has 0 fully saturated rings. The van der Waals surface area contributed by atoms with Gasteiger partial charge in [0.25, 0.3) is 0 Å². The minimum absolute atomic E-state index is 0.111. The van der Waals surface area contributed by atoms with Gasteiger partial charge in [-0.3, -0.25) is 0 Å². The van der Waals surface area contributed by atoms with Gasteiger partial charge >= 0.3 is 0 Å². The number of aryl methyl sites for hydroxylation is 1. The van der Waals surface area contributed by atoms with Crippen LogP contribution >= 0.6 is 11.6 Å². The van der Waals surface area contributed by atoms with Crippen molar-refractivity contribution < 1.29 is 13.2 Å². The highest BCUT2D eigenvalue weighted by Gasteiger charge is 2.15. The molecule has 0 saturated heterocycles.